The highest BCUT2D eigenvalue weighted by molar-refractivity contribution is 7.89. The van der Waals surface area contributed by atoms with E-state index in [1.807, 2.05) is 25.1 Å². The van der Waals surface area contributed by atoms with Gasteiger partial charge in [-0.15, -0.1) is 0 Å². The van der Waals surface area contributed by atoms with Crippen molar-refractivity contribution in [3.63, 3.8) is 0 Å². The van der Waals surface area contributed by atoms with Gasteiger partial charge in [-0.05, 0) is 74.1 Å². The third-order valence-corrected chi connectivity index (χ3v) is 8.58. The van der Waals surface area contributed by atoms with Gasteiger partial charge in [0.15, 0.2) is 0 Å². The van der Waals surface area contributed by atoms with Crippen molar-refractivity contribution in [1.29, 1.82) is 0 Å². The molecule has 2 aromatic rings. The van der Waals surface area contributed by atoms with Crippen molar-refractivity contribution in [1.82, 2.24) is 4.31 Å². The predicted octanol–water partition coefficient (Wildman–Crippen LogP) is 3.88. The van der Waals surface area contributed by atoms with Crippen LogP contribution in [-0.4, -0.2) is 51.3 Å². The second-order valence-electron chi connectivity index (χ2n) is 9.14. The highest BCUT2D eigenvalue weighted by Gasteiger charge is 2.27. The number of sulfonamides is 1. The van der Waals surface area contributed by atoms with Gasteiger partial charge in [-0.3, -0.25) is 9.59 Å². The fraction of sp³-hybridized carbons (Fsp3) is 0.462. The molecule has 0 radical (unpaired) electrons. The van der Waals surface area contributed by atoms with E-state index in [1.165, 1.54) is 11.4 Å². The number of methoxy groups -OCH3 is 1. The highest BCUT2D eigenvalue weighted by atomic mass is 32.2. The van der Waals surface area contributed by atoms with Gasteiger partial charge in [0, 0.05) is 43.9 Å². The van der Waals surface area contributed by atoms with E-state index in [2.05, 4.69) is 5.32 Å². The van der Waals surface area contributed by atoms with E-state index in [4.69, 9.17) is 4.74 Å². The summed E-state index contributed by atoms with van der Waals surface area (Å²) in [6, 6.07) is 10.4. The van der Waals surface area contributed by atoms with Gasteiger partial charge in [0.05, 0.1) is 12.0 Å². The number of amides is 2. The summed E-state index contributed by atoms with van der Waals surface area (Å²) in [4.78, 5) is 26.9. The van der Waals surface area contributed by atoms with Crippen molar-refractivity contribution in [3.05, 3.63) is 47.5 Å². The first-order valence-corrected chi connectivity index (χ1v) is 13.6. The van der Waals surface area contributed by atoms with E-state index < -0.39 is 10.0 Å². The summed E-state index contributed by atoms with van der Waals surface area (Å²) in [5, 5.41) is 2.91. The number of nitrogens with one attached hydrogen (secondary N) is 1. The fourth-order valence-corrected chi connectivity index (χ4v) is 6.29. The molecular formula is C26H33N3O5S. The van der Waals surface area contributed by atoms with Crippen LogP contribution >= 0.6 is 0 Å². The summed E-state index contributed by atoms with van der Waals surface area (Å²) in [7, 11) is -2.04. The van der Waals surface area contributed by atoms with Crippen LogP contribution in [0.4, 0.5) is 11.4 Å². The summed E-state index contributed by atoms with van der Waals surface area (Å²) < 4.78 is 33.1. The Balaban J connectivity index is 1.45. The van der Waals surface area contributed by atoms with Crippen LogP contribution in [-0.2, 0) is 26.0 Å². The number of piperidine rings is 1. The quantitative estimate of drug-likeness (QED) is 0.595. The maximum absolute atomic E-state index is 13.1. The molecule has 0 bridgehead atoms. The van der Waals surface area contributed by atoms with Crippen molar-refractivity contribution >= 4 is 33.2 Å². The molecule has 2 aliphatic rings. The lowest BCUT2D eigenvalue weighted by atomic mass is 10.1. The molecule has 8 nitrogen and oxygen atoms in total. The highest BCUT2D eigenvalue weighted by Crippen LogP contribution is 2.29. The lowest BCUT2D eigenvalue weighted by Crippen LogP contribution is -2.35. The van der Waals surface area contributed by atoms with Gasteiger partial charge in [0.1, 0.15) is 5.75 Å². The van der Waals surface area contributed by atoms with E-state index in [9.17, 15) is 18.0 Å². The van der Waals surface area contributed by atoms with Crippen LogP contribution in [0.3, 0.4) is 0 Å². The Morgan fingerprint density at radius 1 is 1.03 bits per heavy atom. The number of hydrogen-bond acceptors (Lipinski definition) is 5. The molecule has 2 heterocycles. The van der Waals surface area contributed by atoms with E-state index >= 15 is 0 Å². The van der Waals surface area contributed by atoms with Gasteiger partial charge in [-0.2, -0.15) is 4.31 Å². The first kappa shape index (κ1) is 25.2. The Labute approximate surface area is 207 Å². The van der Waals surface area contributed by atoms with Crippen LogP contribution in [0.1, 0.15) is 49.7 Å². The fourth-order valence-electron chi connectivity index (χ4n) is 4.72. The minimum Gasteiger partial charge on any atom is -0.496 e. The average molecular weight is 500 g/mol. The molecule has 0 aliphatic carbocycles. The normalized spacial score (nSPS) is 17.0. The van der Waals surface area contributed by atoms with Crippen LogP contribution in [0.2, 0.25) is 0 Å². The standard InChI is InChI=1S/C26H33N3O5S/c1-19-8-10-21(18-23(19)29-16-6-7-26(29)31)27-25(30)13-9-20-17-22(11-12-24(20)34-2)35(32,33)28-14-4-3-5-15-28/h8,10-12,17-18H,3-7,9,13-16H2,1-2H3,(H,27,30). The van der Waals surface area contributed by atoms with Crippen LogP contribution in [0.15, 0.2) is 41.3 Å². The van der Waals surface area contributed by atoms with Crippen molar-refractivity contribution in [3.8, 4) is 5.75 Å². The Bertz CT molecular complexity index is 1210. The molecule has 0 spiro atoms. The second kappa shape index (κ2) is 10.8. The molecule has 9 heteroatoms. The Morgan fingerprint density at radius 2 is 1.80 bits per heavy atom. The first-order chi connectivity index (χ1) is 16.8. The van der Waals surface area contributed by atoms with Gasteiger partial charge in [-0.25, -0.2) is 8.42 Å². The first-order valence-electron chi connectivity index (χ1n) is 12.2. The molecule has 0 unspecified atom stereocenters. The maximum Gasteiger partial charge on any atom is 0.243 e. The van der Waals surface area contributed by atoms with Crippen molar-refractivity contribution in [2.75, 3.05) is 37.0 Å². The third-order valence-electron chi connectivity index (χ3n) is 6.68. The zero-order valence-corrected chi connectivity index (χ0v) is 21.2. The smallest absolute Gasteiger partial charge is 0.243 e. The number of ether oxygens (including phenoxy) is 1. The Kier molecular flexibility index (Phi) is 7.76. The van der Waals surface area contributed by atoms with E-state index in [0.29, 0.717) is 49.5 Å². The molecule has 2 fully saturated rings. The number of anilines is 2. The number of aryl methyl sites for hydroxylation is 2. The molecule has 1 N–H and O–H groups in total. The summed E-state index contributed by atoms with van der Waals surface area (Å²) in [5.41, 5.74) is 3.11. The third kappa shape index (κ3) is 5.67. The molecule has 0 saturated carbocycles. The maximum atomic E-state index is 13.1. The van der Waals surface area contributed by atoms with Crippen LogP contribution in [0, 0.1) is 6.92 Å². The van der Waals surface area contributed by atoms with Crippen molar-refractivity contribution in [2.24, 2.45) is 0 Å². The minimum atomic E-state index is -3.57. The zero-order chi connectivity index (χ0) is 25.0. The zero-order valence-electron chi connectivity index (χ0n) is 20.4. The molecular weight excluding hydrogens is 466 g/mol. The van der Waals surface area contributed by atoms with E-state index in [-0.39, 0.29) is 23.1 Å². The monoisotopic (exact) mass is 499 g/mol. The number of hydrogen-bond donors (Lipinski definition) is 1. The summed E-state index contributed by atoms with van der Waals surface area (Å²) in [6.07, 6.45) is 4.67. The molecule has 2 amide bonds. The second-order valence-corrected chi connectivity index (χ2v) is 11.1. The Hall–Kier alpha value is -2.91. The van der Waals surface area contributed by atoms with Crippen LogP contribution in [0.5, 0.6) is 5.75 Å². The van der Waals surface area contributed by atoms with E-state index in [0.717, 1.165) is 36.9 Å². The SMILES string of the molecule is COc1ccc(S(=O)(=O)N2CCCCC2)cc1CCC(=O)Nc1ccc(C)c(N2CCCC2=O)c1. The van der Waals surface area contributed by atoms with Gasteiger partial charge in [0.2, 0.25) is 21.8 Å². The summed E-state index contributed by atoms with van der Waals surface area (Å²) in [5.74, 6) is 0.461. The molecule has 2 aromatic carbocycles. The van der Waals surface area contributed by atoms with Crippen molar-refractivity contribution < 1.29 is 22.7 Å². The van der Waals surface area contributed by atoms with Crippen LogP contribution in [0.25, 0.3) is 0 Å². The number of carbonyl (C=O) groups is 2. The molecule has 188 valence electrons. The van der Waals surface area contributed by atoms with Gasteiger partial charge >= 0.3 is 0 Å². The van der Waals surface area contributed by atoms with E-state index in [1.54, 1.807) is 23.1 Å². The summed E-state index contributed by atoms with van der Waals surface area (Å²) >= 11 is 0. The molecule has 35 heavy (non-hydrogen) atoms. The molecule has 2 aliphatic heterocycles. The lowest BCUT2D eigenvalue weighted by molar-refractivity contribution is -0.117. The predicted molar refractivity (Wildman–Crippen MR) is 135 cm³/mol. The number of rotatable bonds is 8. The Morgan fingerprint density at radius 3 is 2.49 bits per heavy atom. The molecule has 2 saturated heterocycles. The molecule has 0 atom stereocenters. The van der Waals surface area contributed by atoms with Crippen molar-refractivity contribution in [2.45, 2.75) is 56.8 Å². The van der Waals surface area contributed by atoms with Crippen LogP contribution < -0.4 is 15.0 Å². The molecule has 4 rings (SSSR count). The number of carbonyl (C=O) groups excluding carboxylic acids is 2. The largest absolute Gasteiger partial charge is 0.496 e. The lowest BCUT2D eigenvalue weighted by Gasteiger charge is -2.26. The number of nitrogens with zero attached hydrogens (tertiary/aromatic N) is 2. The van der Waals surface area contributed by atoms with Gasteiger partial charge < -0.3 is 15.0 Å². The van der Waals surface area contributed by atoms with Gasteiger partial charge in [0.25, 0.3) is 0 Å². The number of benzene rings is 2. The van der Waals surface area contributed by atoms with Gasteiger partial charge in [-0.1, -0.05) is 12.5 Å². The summed E-state index contributed by atoms with van der Waals surface area (Å²) in [6.45, 7) is 3.71. The minimum absolute atomic E-state index is 0.100. The average Bonchev–Trinajstić information content (AvgIpc) is 3.29. The topological polar surface area (TPSA) is 96.0 Å². The molecule has 0 aromatic heterocycles.